The molecule has 0 aliphatic carbocycles. The molecule has 1 aromatic heterocycles. The van der Waals surface area contributed by atoms with Crippen molar-refractivity contribution in [1.82, 2.24) is 9.55 Å². The molecular formula is C18H15ClN2O3. The highest BCUT2D eigenvalue weighted by Crippen LogP contribution is 2.38. The van der Waals surface area contributed by atoms with Gasteiger partial charge in [-0.25, -0.2) is 4.98 Å². The lowest BCUT2D eigenvalue weighted by molar-refractivity contribution is 0.297. The van der Waals surface area contributed by atoms with Crippen LogP contribution in [0.2, 0.25) is 5.02 Å². The number of hydrogen-bond acceptors (Lipinski definition) is 4. The molecule has 1 aliphatic rings. The van der Waals surface area contributed by atoms with Crippen LogP contribution in [0.15, 0.2) is 47.5 Å². The van der Waals surface area contributed by atoms with E-state index in [0.29, 0.717) is 47.2 Å². The Labute approximate surface area is 143 Å². The smallest absolute Gasteiger partial charge is 0.261 e. The van der Waals surface area contributed by atoms with Crippen molar-refractivity contribution in [2.75, 3.05) is 13.2 Å². The fourth-order valence-electron chi connectivity index (χ4n) is 2.79. The second kappa shape index (κ2) is 6.17. The van der Waals surface area contributed by atoms with Gasteiger partial charge in [-0.05, 0) is 29.8 Å². The predicted octanol–water partition coefficient (Wildman–Crippen LogP) is 3.26. The topological polar surface area (TPSA) is 53.4 Å². The van der Waals surface area contributed by atoms with E-state index < -0.39 is 0 Å². The first-order chi connectivity index (χ1) is 11.7. The van der Waals surface area contributed by atoms with Crippen LogP contribution in [0.3, 0.4) is 0 Å². The van der Waals surface area contributed by atoms with Gasteiger partial charge in [0.1, 0.15) is 0 Å². The molecule has 4 rings (SSSR count). The summed E-state index contributed by atoms with van der Waals surface area (Å²) in [7, 11) is 0. The maximum Gasteiger partial charge on any atom is 0.261 e. The number of nitrogens with zero attached hydrogens (tertiary/aromatic N) is 2. The Morgan fingerprint density at radius 2 is 2.00 bits per heavy atom. The van der Waals surface area contributed by atoms with Crippen LogP contribution in [0.25, 0.3) is 10.9 Å². The summed E-state index contributed by atoms with van der Waals surface area (Å²) in [5.41, 5.74) is 1.47. The van der Waals surface area contributed by atoms with E-state index in [1.165, 1.54) is 0 Å². The average Bonchev–Trinajstić information content (AvgIpc) is 2.83. The standard InChI is InChI=1S/C18H15ClN2O3/c19-14-8-12(9-16-17(14)24-7-3-6-23-16)10-21-11-20-15-5-2-1-4-13(15)18(21)22/h1-2,4-5,8-9,11H,3,6-7,10H2. The van der Waals surface area contributed by atoms with Gasteiger partial charge in [-0.2, -0.15) is 0 Å². The number of fused-ring (bicyclic) bond motifs is 2. The first-order valence-electron chi connectivity index (χ1n) is 7.74. The highest BCUT2D eigenvalue weighted by atomic mass is 35.5. The van der Waals surface area contributed by atoms with Gasteiger partial charge in [0.05, 0.1) is 42.0 Å². The molecule has 0 unspecified atom stereocenters. The third-order valence-corrected chi connectivity index (χ3v) is 4.23. The van der Waals surface area contributed by atoms with Crippen molar-refractivity contribution < 1.29 is 9.47 Å². The van der Waals surface area contributed by atoms with Crippen LogP contribution < -0.4 is 15.0 Å². The first-order valence-corrected chi connectivity index (χ1v) is 8.12. The summed E-state index contributed by atoms with van der Waals surface area (Å²) < 4.78 is 12.9. The van der Waals surface area contributed by atoms with Crippen LogP contribution in [-0.2, 0) is 6.54 Å². The average molecular weight is 343 g/mol. The Balaban J connectivity index is 1.73. The zero-order valence-corrected chi connectivity index (χ0v) is 13.6. The molecule has 6 heteroatoms. The minimum absolute atomic E-state index is 0.0798. The number of rotatable bonds is 2. The quantitative estimate of drug-likeness (QED) is 0.717. The van der Waals surface area contributed by atoms with Crippen LogP contribution >= 0.6 is 11.6 Å². The molecule has 0 radical (unpaired) electrons. The van der Waals surface area contributed by atoms with Crippen LogP contribution in [0.1, 0.15) is 12.0 Å². The van der Waals surface area contributed by atoms with Gasteiger partial charge >= 0.3 is 0 Å². The third kappa shape index (κ3) is 2.71. The molecule has 0 amide bonds. The van der Waals surface area contributed by atoms with E-state index in [9.17, 15) is 4.79 Å². The van der Waals surface area contributed by atoms with Crippen molar-refractivity contribution in [1.29, 1.82) is 0 Å². The van der Waals surface area contributed by atoms with Gasteiger partial charge in [-0.3, -0.25) is 9.36 Å². The Kier molecular flexibility index (Phi) is 3.86. The van der Waals surface area contributed by atoms with Gasteiger partial charge in [0.25, 0.3) is 5.56 Å². The van der Waals surface area contributed by atoms with Gasteiger partial charge in [0, 0.05) is 6.42 Å². The van der Waals surface area contributed by atoms with Gasteiger partial charge in [0.2, 0.25) is 0 Å². The molecule has 2 heterocycles. The molecule has 0 spiro atoms. The molecule has 3 aromatic rings. The maximum atomic E-state index is 12.6. The SMILES string of the molecule is O=c1c2ccccc2ncn1Cc1cc(Cl)c2c(c1)OCCCO2. The Morgan fingerprint density at radius 3 is 2.92 bits per heavy atom. The summed E-state index contributed by atoms with van der Waals surface area (Å²) in [4.78, 5) is 16.9. The number of ether oxygens (including phenoxy) is 2. The lowest BCUT2D eigenvalue weighted by Gasteiger charge is -2.12. The van der Waals surface area contributed by atoms with Gasteiger partial charge < -0.3 is 9.47 Å². The van der Waals surface area contributed by atoms with E-state index in [-0.39, 0.29) is 5.56 Å². The molecular weight excluding hydrogens is 328 g/mol. The fraction of sp³-hybridized carbons (Fsp3) is 0.222. The fourth-order valence-corrected chi connectivity index (χ4v) is 3.08. The maximum absolute atomic E-state index is 12.6. The van der Waals surface area contributed by atoms with Crippen LogP contribution in [-0.4, -0.2) is 22.8 Å². The Hall–Kier alpha value is -2.53. The Bertz CT molecular complexity index is 968. The molecule has 0 saturated carbocycles. The third-order valence-electron chi connectivity index (χ3n) is 3.95. The van der Waals surface area contributed by atoms with E-state index in [1.807, 2.05) is 24.3 Å². The summed E-state index contributed by atoms with van der Waals surface area (Å²) in [5.74, 6) is 1.19. The summed E-state index contributed by atoms with van der Waals surface area (Å²) in [5, 5.41) is 1.09. The summed E-state index contributed by atoms with van der Waals surface area (Å²) in [6, 6.07) is 11.0. The minimum atomic E-state index is -0.0798. The van der Waals surface area contributed by atoms with Crippen LogP contribution in [0.5, 0.6) is 11.5 Å². The number of aromatic nitrogens is 2. The Morgan fingerprint density at radius 1 is 1.17 bits per heavy atom. The molecule has 1 aliphatic heterocycles. The van der Waals surface area contributed by atoms with E-state index >= 15 is 0 Å². The van der Waals surface area contributed by atoms with Crippen molar-refractivity contribution in [3.8, 4) is 11.5 Å². The number of benzene rings is 2. The molecule has 0 saturated heterocycles. The van der Waals surface area contributed by atoms with Crippen molar-refractivity contribution in [2.24, 2.45) is 0 Å². The molecule has 24 heavy (non-hydrogen) atoms. The van der Waals surface area contributed by atoms with E-state index in [1.54, 1.807) is 23.0 Å². The summed E-state index contributed by atoms with van der Waals surface area (Å²) in [6.45, 7) is 1.54. The molecule has 0 atom stereocenters. The van der Waals surface area contributed by atoms with Crippen molar-refractivity contribution in [2.45, 2.75) is 13.0 Å². The van der Waals surface area contributed by atoms with Crippen LogP contribution in [0, 0.1) is 0 Å². The van der Waals surface area contributed by atoms with Gasteiger partial charge in [0.15, 0.2) is 11.5 Å². The zero-order valence-electron chi connectivity index (χ0n) is 12.9. The monoisotopic (exact) mass is 342 g/mol. The van der Waals surface area contributed by atoms with E-state index in [0.717, 1.165) is 12.0 Å². The number of hydrogen-bond donors (Lipinski definition) is 0. The van der Waals surface area contributed by atoms with Crippen LogP contribution in [0.4, 0.5) is 0 Å². The molecule has 0 N–H and O–H groups in total. The predicted molar refractivity (Wildman–Crippen MR) is 92.2 cm³/mol. The first kappa shape index (κ1) is 15.0. The normalized spacial score (nSPS) is 13.7. The second-order valence-corrected chi connectivity index (χ2v) is 6.06. The highest BCUT2D eigenvalue weighted by Gasteiger charge is 2.16. The molecule has 122 valence electrons. The second-order valence-electron chi connectivity index (χ2n) is 5.65. The van der Waals surface area contributed by atoms with Gasteiger partial charge in [-0.1, -0.05) is 23.7 Å². The van der Waals surface area contributed by atoms with E-state index in [2.05, 4.69) is 4.98 Å². The molecule has 2 aromatic carbocycles. The number of halogens is 1. The zero-order chi connectivity index (χ0) is 16.5. The number of para-hydroxylation sites is 1. The summed E-state index contributed by atoms with van der Waals surface area (Å²) >= 11 is 6.31. The van der Waals surface area contributed by atoms with E-state index in [4.69, 9.17) is 21.1 Å². The van der Waals surface area contributed by atoms with Crippen molar-refractivity contribution in [3.63, 3.8) is 0 Å². The van der Waals surface area contributed by atoms with Crippen molar-refractivity contribution >= 4 is 22.5 Å². The van der Waals surface area contributed by atoms with Crippen molar-refractivity contribution in [3.05, 3.63) is 63.7 Å². The minimum Gasteiger partial charge on any atom is -0.489 e. The highest BCUT2D eigenvalue weighted by molar-refractivity contribution is 6.32. The van der Waals surface area contributed by atoms with Gasteiger partial charge in [-0.15, -0.1) is 0 Å². The largest absolute Gasteiger partial charge is 0.489 e. The lowest BCUT2D eigenvalue weighted by atomic mass is 10.2. The molecule has 5 nitrogen and oxygen atoms in total. The molecule has 0 fully saturated rings. The molecule has 0 bridgehead atoms. The summed E-state index contributed by atoms with van der Waals surface area (Å²) in [6.07, 6.45) is 2.37. The lowest BCUT2D eigenvalue weighted by Crippen LogP contribution is -2.21.